The third kappa shape index (κ3) is 3.41. The molecule has 0 aromatic rings. The maximum Gasteiger partial charge on any atom is 0.308 e. The largest absolute Gasteiger partial charge is 0.466 e. The topological polar surface area (TPSA) is 46.6 Å². The Kier molecular flexibility index (Phi) is 5.08. The lowest BCUT2D eigenvalue weighted by Gasteiger charge is -2.34. The standard InChI is InChI=1S/C14H22ClNO3/c1-2-19-14(18)11-3-5-12(6-4-11)16-9-10(8-15)7-13(16)17/h10-12H,2-9H2,1H3. The second kappa shape index (κ2) is 6.60. The smallest absolute Gasteiger partial charge is 0.308 e. The monoisotopic (exact) mass is 287 g/mol. The summed E-state index contributed by atoms with van der Waals surface area (Å²) < 4.78 is 5.06. The normalized spacial score (nSPS) is 31.6. The summed E-state index contributed by atoms with van der Waals surface area (Å²) in [4.78, 5) is 25.6. The lowest BCUT2D eigenvalue weighted by Crippen LogP contribution is -2.40. The first-order valence-electron chi connectivity index (χ1n) is 7.17. The third-order valence-electron chi connectivity index (χ3n) is 4.21. The van der Waals surface area contributed by atoms with Gasteiger partial charge in [0.1, 0.15) is 0 Å². The van der Waals surface area contributed by atoms with E-state index < -0.39 is 0 Å². The Bertz CT molecular complexity index is 340. The van der Waals surface area contributed by atoms with Crippen molar-refractivity contribution in [2.75, 3.05) is 19.0 Å². The molecule has 2 rings (SSSR count). The Morgan fingerprint density at radius 3 is 2.58 bits per heavy atom. The zero-order chi connectivity index (χ0) is 13.8. The van der Waals surface area contributed by atoms with Crippen molar-refractivity contribution in [2.45, 2.75) is 45.1 Å². The fourth-order valence-corrected chi connectivity index (χ4v) is 3.35. The van der Waals surface area contributed by atoms with Crippen molar-refractivity contribution in [2.24, 2.45) is 11.8 Å². The number of hydrogen-bond acceptors (Lipinski definition) is 3. The van der Waals surface area contributed by atoms with Gasteiger partial charge in [0, 0.05) is 24.9 Å². The molecule has 4 nitrogen and oxygen atoms in total. The molecule has 1 amide bonds. The van der Waals surface area contributed by atoms with Gasteiger partial charge >= 0.3 is 5.97 Å². The third-order valence-corrected chi connectivity index (χ3v) is 4.65. The van der Waals surface area contributed by atoms with E-state index in [0.717, 1.165) is 32.2 Å². The molecule has 1 aliphatic heterocycles. The predicted molar refractivity (Wildman–Crippen MR) is 72.9 cm³/mol. The summed E-state index contributed by atoms with van der Waals surface area (Å²) in [5.74, 6) is 1.03. The van der Waals surface area contributed by atoms with Crippen molar-refractivity contribution in [3.63, 3.8) is 0 Å². The van der Waals surface area contributed by atoms with Crippen molar-refractivity contribution in [1.29, 1.82) is 0 Å². The maximum atomic E-state index is 11.9. The summed E-state index contributed by atoms with van der Waals surface area (Å²) in [6, 6.07) is 0.298. The molecule has 0 radical (unpaired) electrons. The highest BCUT2D eigenvalue weighted by molar-refractivity contribution is 6.18. The second-order valence-electron chi connectivity index (χ2n) is 5.53. The molecule has 1 atom stereocenters. The van der Waals surface area contributed by atoms with Crippen LogP contribution in [0.3, 0.4) is 0 Å². The molecule has 0 N–H and O–H groups in total. The van der Waals surface area contributed by atoms with Crippen LogP contribution in [-0.2, 0) is 14.3 Å². The van der Waals surface area contributed by atoms with Gasteiger partial charge in [0.15, 0.2) is 0 Å². The molecule has 2 aliphatic rings. The molecule has 1 heterocycles. The minimum absolute atomic E-state index is 0.0257. The number of esters is 1. The molecule has 19 heavy (non-hydrogen) atoms. The number of carbonyl (C=O) groups excluding carboxylic acids is 2. The Morgan fingerprint density at radius 2 is 2.05 bits per heavy atom. The van der Waals surface area contributed by atoms with Crippen molar-refractivity contribution in [3.8, 4) is 0 Å². The van der Waals surface area contributed by atoms with Gasteiger partial charge in [0.25, 0.3) is 0 Å². The van der Waals surface area contributed by atoms with E-state index in [1.807, 2.05) is 11.8 Å². The number of carbonyl (C=O) groups is 2. The number of likely N-dealkylation sites (tertiary alicyclic amines) is 1. The number of alkyl halides is 1. The van der Waals surface area contributed by atoms with Gasteiger partial charge in [-0.3, -0.25) is 9.59 Å². The van der Waals surface area contributed by atoms with Crippen molar-refractivity contribution in [3.05, 3.63) is 0 Å². The van der Waals surface area contributed by atoms with E-state index >= 15 is 0 Å². The molecule has 0 bridgehead atoms. The highest BCUT2D eigenvalue weighted by atomic mass is 35.5. The van der Waals surface area contributed by atoms with Crippen LogP contribution in [0, 0.1) is 11.8 Å². The van der Waals surface area contributed by atoms with Crippen LogP contribution in [0.25, 0.3) is 0 Å². The summed E-state index contributed by atoms with van der Waals surface area (Å²) in [7, 11) is 0. The van der Waals surface area contributed by atoms with E-state index in [-0.39, 0.29) is 17.8 Å². The molecular weight excluding hydrogens is 266 g/mol. The number of ether oxygens (including phenoxy) is 1. The summed E-state index contributed by atoms with van der Waals surface area (Å²) >= 11 is 5.84. The van der Waals surface area contributed by atoms with Crippen LogP contribution in [0.4, 0.5) is 0 Å². The van der Waals surface area contributed by atoms with Gasteiger partial charge in [-0.15, -0.1) is 11.6 Å². The zero-order valence-electron chi connectivity index (χ0n) is 11.4. The van der Waals surface area contributed by atoms with E-state index in [1.54, 1.807) is 0 Å². The number of nitrogens with zero attached hydrogens (tertiary/aromatic N) is 1. The van der Waals surface area contributed by atoms with Crippen LogP contribution in [0.5, 0.6) is 0 Å². The Morgan fingerprint density at radius 1 is 1.37 bits per heavy atom. The molecule has 1 saturated heterocycles. The van der Waals surface area contributed by atoms with Crippen molar-refractivity contribution >= 4 is 23.5 Å². The lowest BCUT2D eigenvalue weighted by molar-refractivity contribution is -0.149. The molecule has 0 spiro atoms. The Balaban J connectivity index is 1.83. The van der Waals surface area contributed by atoms with Crippen LogP contribution in [-0.4, -0.2) is 41.8 Å². The minimum atomic E-state index is -0.0765. The molecule has 1 unspecified atom stereocenters. The van der Waals surface area contributed by atoms with Crippen molar-refractivity contribution < 1.29 is 14.3 Å². The van der Waals surface area contributed by atoms with Gasteiger partial charge in [-0.2, -0.15) is 0 Å². The van der Waals surface area contributed by atoms with Gasteiger partial charge in [0.05, 0.1) is 12.5 Å². The molecule has 5 heteroatoms. The number of hydrogen-bond donors (Lipinski definition) is 0. The van der Waals surface area contributed by atoms with Gasteiger partial charge in [-0.05, 0) is 38.5 Å². The molecule has 1 saturated carbocycles. The molecule has 0 aromatic carbocycles. The predicted octanol–water partition coefficient (Wildman–Crippen LogP) is 2.20. The average molecular weight is 288 g/mol. The highest BCUT2D eigenvalue weighted by Gasteiger charge is 2.37. The summed E-state index contributed by atoms with van der Waals surface area (Å²) in [5.41, 5.74) is 0. The van der Waals surface area contributed by atoms with Crippen LogP contribution >= 0.6 is 11.6 Å². The van der Waals surface area contributed by atoms with Gasteiger partial charge in [0.2, 0.25) is 5.91 Å². The average Bonchev–Trinajstić information content (AvgIpc) is 2.80. The van der Waals surface area contributed by atoms with E-state index in [1.165, 1.54) is 0 Å². The van der Waals surface area contributed by atoms with E-state index in [4.69, 9.17) is 16.3 Å². The fraction of sp³-hybridized carbons (Fsp3) is 0.857. The second-order valence-corrected chi connectivity index (χ2v) is 5.84. The van der Waals surface area contributed by atoms with Gasteiger partial charge < -0.3 is 9.64 Å². The molecule has 108 valence electrons. The van der Waals surface area contributed by atoms with Crippen LogP contribution < -0.4 is 0 Å². The van der Waals surface area contributed by atoms with Crippen LogP contribution in [0.1, 0.15) is 39.0 Å². The van der Waals surface area contributed by atoms with Gasteiger partial charge in [-0.1, -0.05) is 0 Å². The van der Waals surface area contributed by atoms with Crippen molar-refractivity contribution in [1.82, 2.24) is 4.90 Å². The first-order valence-corrected chi connectivity index (χ1v) is 7.71. The number of halogens is 1. The summed E-state index contributed by atoms with van der Waals surface area (Å²) in [5, 5.41) is 0. The SMILES string of the molecule is CCOC(=O)C1CCC(N2CC(CCl)CC2=O)CC1. The molecular formula is C14H22ClNO3. The molecule has 2 fully saturated rings. The molecule has 1 aliphatic carbocycles. The summed E-state index contributed by atoms with van der Waals surface area (Å²) in [6.07, 6.45) is 4.06. The highest BCUT2D eigenvalue weighted by Crippen LogP contribution is 2.32. The first kappa shape index (κ1) is 14.6. The van der Waals surface area contributed by atoms with E-state index in [0.29, 0.717) is 30.9 Å². The Hall–Kier alpha value is -0.770. The maximum absolute atomic E-state index is 11.9. The number of amides is 1. The fourth-order valence-electron chi connectivity index (χ4n) is 3.15. The van der Waals surface area contributed by atoms with E-state index in [2.05, 4.69) is 0 Å². The van der Waals surface area contributed by atoms with Crippen LogP contribution in [0.15, 0.2) is 0 Å². The number of rotatable bonds is 4. The Labute approximate surface area is 119 Å². The quantitative estimate of drug-likeness (QED) is 0.588. The van der Waals surface area contributed by atoms with Crippen LogP contribution in [0.2, 0.25) is 0 Å². The minimum Gasteiger partial charge on any atom is -0.466 e. The lowest BCUT2D eigenvalue weighted by atomic mass is 9.85. The first-order chi connectivity index (χ1) is 9.15. The zero-order valence-corrected chi connectivity index (χ0v) is 12.2. The molecule has 0 aromatic heterocycles. The van der Waals surface area contributed by atoms with E-state index in [9.17, 15) is 9.59 Å². The summed E-state index contributed by atoms with van der Waals surface area (Å²) in [6.45, 7) is 3.07. The van der Waals surface area contributed by atoms with Gasteiger partial charge in [-0.25, -0.2) is 0 Å².